The molecule has 1 heterocycles. The van der Waals surface area contributed by atoms with E-state index in [4.69, 9.17) is 10.5 Å². The summed E-state index contributed by atoms with van der Waals surface area (Å²) in [5, 5.41) is 4.28. The van der Waals surface area contributed by atoms with Crippen molar-refractivity contribution >= 4 is 5.69 Å². The standard InChI is InChI=1S/C10H19N3O/c1-8-9(11)7-13(12-8)6-5-10(2,3)14-4/h7H,5-6,11H2,1-4H3. The number of nitrogens with two attached hydrogens (primary N) is 1. The highest BCUT2D eigenvalue weighted by Gasteiger charge is 2.16. The van der Waals surface area contributed by atoms with Gasteiger partial charge in [0.1, 0.15) is 0 Å². The van der Waals surface area contributed by atoms with E-state index in [1.165, 1.54) is 0 Å². The van der Waals surface area contributed by atoms with Gasteiger partial charge >= 0.3 is 0 Å². The first-order valence-corrected chi connectivity index (χ1v) is 4.79. The first-order valence-electron chi connectivity index (χ1n) is 4.79. The van der Waals surface area contributed by atoms with Crippen LogP contribution < -0.4 is 5.73 Å². The van der Waals surface area contributed by atoms with E-state index in [1.54, 1.807) is 7.11 Å². The Morgan fingerprint density at radius 2 is 2.21 bits per heavy atom. The summed E-state index contributed by atoms with van der Waals surface area (Å²) in [5.74, 6) is 0. The lowest BCUT2D eigenvalue weighted by Crippen LogP contribution is -2.24. The van der Waals surface area contributed by atoms with Crippen molar-refractivity contribution in [2.45, 2.75) is 39.3 Å². The molecule has 0 bridgehead atoms. The van der Waals surface area contributed by atoms with Crippen LogP contribution in [0.1, 0.15) is 26.0 Å². The lowest BCUT2D eigenvalue weighted by atomic mass is 10.1. The maximum atomic E-state index is 5.70. The highest BCUT2D eigenvalue weighted by Crippen LogP contribution is 2.15. The Hall–Kier alpha value is -1.03. The predicted molar refractivity (Wildman–Crippen MR) is 57.1 cm³/mol. The van der Waals surface area contributed by atoms with Crippen molar-refractivity contribution in [2.24, 2.45) is 0 Å². The van der Waals surface area contributed by atoms with Gasteiger partial charge in [-0.05, 0) is 27.2 Å². The summed E-state index contributed by atoms with van der Waals surface area (Å²) in [7, 11) is 1.72. The van der Waals surface area contributed by atoms with E-state index in [0.29, 0.717) is 0 Å². The van der Waals surface area contributed by atoms with Crippen LogP contribution in [0.25, 0.3) is 0 Å². The van der Waals surface area contributed by atoms with Crippen molar-refractivity contribution < 1.29 is 4.74 Å². The molecule has 80 valence electrons. The first kappa shape index (κ1) is 11.0. The highest BCUT2D eigenvalue weighted by atomic mass is 16.5. The summed E-state index contributed by atoms with van der Waals surface area (Å²) < 4.78 is 7.19. The Bertz CT molecular complexity index is 285. The van der Waals surface area contributed by atoms with Crippen LogP contribution in [0.5, 0.6) is 0 Å². The van der Waals surface area contributed by atoms with Crippen molar-refractivity contribution in [2.75, 3.05) is 12.8 Å². The van der Waals surface area contributed by atoms with E-state index >= 15 is 0 Å². The molecule has 0 spiro atoms. The summed E-state index contributed by atoms with van der Waals surface area (Å²) in [6, 6.07) is 0. The smallest absolute Gasteiger partial charge is 0.0822 e. The zero-order chi connectivity index (χ0) is 10.8. The zero-order valence-corrected chi connectivity index (χ0v) is 9.37. The minimum Gasteiger partial charge on any atom is -0.396 e. The predicted octanol–water partition coefficient (Wildman–Crippen LogP) is 1.59. The molecule has 0 aromatic carbocycles. The number of aryl methyl sites for hydroxylation is 2. The van der Waals surface area contributed by atoms with Gasteiger partial charge in [0.2, 0.25) is 0 Å². The molecule has 4 nitrogen and oxygen atoms in total. The van der Waals surface area contributed by atoms with Gasteiger partial charge in [0.05, 0.1) is 17.0 Å². The Balaban J connectivity index is 2.54. The lowest BCUT2D eigenvalue weighted by Gasteiger charge is -2.22. The van der Waals surface area contributed by atoms with E-state index < -0.39 is 0 Å². The molecule has 0 radical (unpaired) electrons. The van der Waals surface area contributed by atoms with E-state index in [-0.39, 0.29) is 5.60 Å². The molecule has 0 fully saturated rings. The molecular weight excluding hydrogens is 178 g/mol. The number of methoxy groups -OCH3 is 1. The van der Waals surface area contributed by atoms with Gasteiger partial charge in [0, 0.05) is 19.9 Å². The van der Waals surface area contributed by atoms with Crippen molar-refractivity contribution in [3.05, 3.63) is 11.9 Å². The monoisotopic (exact) mass is 197 g/mol. The number of aromatic nitrogens is 2. The second-order valence-electron chi connectivity index (χ2n) is 4.15. The van der Waals surface area contributed by atoms with E-state index in [1.807, 2.05) is 17.8 Å². The minimum absolute atomic E-state index is 0.103. The SMILES string of the molecule is COC(C)(C)CCn1cc(N)c(C)n1. The largest absolute Gasteiger partial charge is 0.396 e. The van der Waals surface area contributed by atoms with Gasteiger partial charge in [-0.3, -0.25) is 4.68 Å². The molecule has 0 aliphatic carbocycles. The molecular formula is C10H19N3O. The molecule has 0 atom stereocenters. The topological polar surface area (TPSA) is 53.1 Å². The molecule has 0 saturated heterocycles. The maximum absolute atomic E-state index is 5.70. The van der Waals surface area contributed by atoms with Crippen LogP contribution >= 0.6 is 0 Å². The highest BCUT2D eigenvalue weighted by molar-refractivity contribution is 5.39. The number of hydrogen-bond acceptors (Lipinski definition) is 3. The molecule has 0 saturated carbocycles. The average Bonchev–Trinajstić information content (AvgIpc) is 2.44. The third-order valence-electron chi connectivity index (χ3n) is 2.48. The summed E-state index contributed by atoms with van der Waals surface area (Å²) in [4.78, 5) is 0. The normalized spacial score (nSPS) is 12.0. The molecule has 4 heteroatoms. The average molecular weight is 197 g/mol. The van der Waals surface area contributed by atoms with Crippen LogP contribution in [0.15, 0.2) is 6.20 Å². The van der Waals surface area contributed by atoms with Crippen molar-refractivity contribution in [1.82, 2.24) is 9.78 Å². The second kappa shape index (κ2) is 4.00. The third-order valence-corrected chi connectivity index (χ3v) is 2.48. The van der Waals surface area contributed by atoms with Gasteiger partial charge in [0.25, 0.3) is 0 Å². The lowest BCUT2D eigenvalue weighted by molar-refractivity contribution is 0.0113. The quantitative estimate of drug-likeness (QED) is 0.797. The summed E-state index contributed by atoms with van der Waals surface area (Å²) in [6.07, 6.45) is 2.78. The summed E-state index contributed by atoms with van der Waals surface area (Å²) >= 11 is 0. The Morgan fingerprint density at radius 3 is 2.64 bits per heavy atom. The van der Waals surface area contributed by atoms with Crippen LogP contribution in [0, 0.1) is 6.92 Å². The second-order valence-corrected chi connectivity index (χ2v) is 4.15. The van der Waals surface area contributed by atoms with Crippen LogP contribution in [0.2, 0.25) is 0 Å². The maximum Gasteiger partial charge on any atom is 0.0822 e. The van der Waals surface area contributed by atoms with Crippen LogP contribution in [0.4, 0.5) is 5.69 Å². The van der Waals surface area contributed by atoms with Crippen LogP contribution in [-0.4, -0.2) is 22.5 Å². The Morgan fingerprint density at radius 1 is 1.57 bits per heavy atom. The van der Waals surface area contributed by atoms with Crippen molar-refractivity contribution in [3.63, 3.8) is 0 Å². The van der Waals surface area contributed by atoms with Gasteiger partial charge in [0.15, 0.2) is 0 Å². The van der Waals surface area contributed by atoms with Crippen molar-refractivity contribution in [3.8, 4) is 0 Å². The number of hydrogen-bond donors (Lipinski definition) is 1. The minimum atomic E-state index is -0.103. The Kier molecular flexibility index (Phi) is 3.16. The number of nitrogen functional groups attached to an aromatic ring is 1. The van der Waals surface area contributed by atoms with Crippen LogP contribution in [-0.2, 0) is 11.3 Å². The van der Waals surface area contributed by atoms with E-state index in [0.717, 1.165) is 24.3 Å². The molecule has 0 unspecified atom stereocenters. The number of anilines is 1. The zero-order valence-electron chi connectivity index (χ0n) is 9.37. The van der Waals surface area contributed by atoms with Gasteiger partial charge in [-0.15, -0.1) is 0 Å². The van der Waals surface area contributed by atoms with Gasteiger partial charge in [-0.1, -0.05) is 0 Å². The van der Waals surface area contributed by atoms with E-state index in [9.17, 15) is 0 Å². The first-order chi connectivity index (χ1) is 6.44. The third kappa shape index (κ3) is 2.73. The fraction of sp³-hybridized carbons (Fsp3) is 0.700. The summed E-state index contributed by atoms with van der Waals surface area (Å²) in [5.41, 5.74) is 7.23. The molecule has 0 amide bonds. The number of ether oxygens (including phenoxy) is 1. The fourth-order valence-corrected chi connectivity index (χ4v) is 1.13. The molecule has 1 aromatic rings. The van der Waals surface area contributed by atoms with Crippen molar-refractivity contribution in [1.29, 1.82) is 0 Å². The van der Waals surface area contributed by atoms with Gasteiger partial charge < -0.3 is 10.5 Å². The Labute approximate surface area is 85.0 Å². The molecule has 14 heavy (non-hydrogen) atoms. The molecule has 2 N–H and O–H groups in total. The summed E-state index contributed by atoms with van der Waals surface area (Å²) in [6.45, 7) is 6.87. The number of nitrogens with zero attached hydrogens (tertiary/aromatic N) is 2. The van der Waals surface area contributed by atoms with Gasteiger partial charge in [-0.2, -0.15) is 5.10 Å². The van der Waals surface area contributed by atoms with Crippen LogP contribution in [0.3, 0.4) is 0 Å². The van der Waals surface area contributed by atoms with Gasteiger partial charge in [-0.25, -0.2) is 0 Å². The fourth-order valence-electron chi connectivity index (χ4n) is 1.13. The molecule has 1 aromatic heterocycles. The molecule has 1 rings (SSSR count). The molecule has 0 aliphatic rings. The number of rotatable bonds is 4. The van der Waals surface area contributed by atoms with E-state index in [2.05, 4.69) is 18.9 Å². The molecule has 0 aliphatic heterocycles.